The summed E-state index contributed by atoms with van der Waals surface area (Å²) < 4.78 is 27.6. The third-order valence-electron chi connectivity index (χ3n) is 6.20. The number of benzene rings is 2. The average Bonchev–Trinajstić information content (AvgIpc) is 2.88. The van der Waals surface area contributed by atoms with Gasteiger partial charge in [-0.1, -0.05) is 48.5 Å². The van der Waals surface area contributed by atoms with Gasteiger partial charge in [-0.05, 0) is 42.6 Å². The van der Waals surface area contributed by atoms with Crippen molar-refractivity contribution >= 4 is 16.0 Å². The molecule has 3 aromatic rings. The quantitative estimate of drug-likeness (QED) is 0.484. The first-order valence-electron chi connectivity index (χ1n) is 11.3. The zero-order valence-corrected chi connectivity index (χ0v) is 19.8. The highest BCUT2D eigenvalue weighted by atomic mass is 32.2. The summed E-state index contributed by atoms with van der Waals surface area (Å²) in [6.45, 7) is 5.03. The van der Waals surface area contributed by atoms with Gasteiger partial charge in [-0.15, -0.1) is 0 Å². The van der Waals surface area contributed by atoms with Crippen LogP contribution in [-0.2, 0) is 10.0 Å². The standard InChI is InChI=1S/C25H31N5O2S/c1-28(33(31,32)24-11-6-3-7-12-24)21-23(22-9-4-2-5-10-22)13-16-29-17-19-30(20-18-29)25-26-14-8-15-27-25/h2-12,14-15,23H,13,16-21H2,1H3/t23-/m0/s1. The minimum absolute atomic E-state index is 0.116. The topological polar surface area (TPSA) is 69.6 Å². The first-order chi connectivity index (χ1) is 16.0. The molecule has 0 saturated carbocycles. The van der Waals surface area contributed by atoms with Crippen LogP contribution in [0.2, 0.25) is 0 Å². The lowest BCUT2D eigenvalue weighted by molar-refractivity contribution is 0.243. The van der Waals surface area contributed by atoms with Crippen LogP contribution < -0.4 is 4.90 Å². The van der Waals surface area contributed by atoms with Gasteiger partial charge < -0.3 is 4.90 Å². The normalized spacial score (nSPS) is 16.1. The van der Waals surface area contributed by atoms with Gasteiger partial charge in [-0.25, -0.2) is 22.7 Å². The molecule has 0 radical (unpaired) electrons. The largest absolute Gasteiger partial charge is 0.338 e. The van der Waals surface area contributed by atoms with Crippen LogP contribution in [0.25, 0.3) is 0 Å². The Morgan fingerprint density at radius 1 is 0.879 bits per heavy atom. The van der Waals surface area contributed by atoms with Crippen molar-refractivity contribution in [2.24, 2.45) is 0 Å². The van der Waals surface area contributed by atoms with Crippen molar-refractivity contribution < 1.29 is 8.42 Å². The minimum Gasteiger partial charge on any atom is -0.338 e. The second-order valence-corrected chi connectivity index (χ2v) is 10.4. The summed E-state index contributed by atoms with van der Waals surface area (Å²) in [5.74, 6) is 0.900. The van der Waals surface area contributed by atoms with Gasteiger partial charge in [0.15, 0.2) is 0 Å². The van der Waals surface area contributed by atoms with E-state index in [9.17, 15) is 8.42 Å². The van der Waals surface area contributed by atoms with Crippen LogP contribution >= 0.6 is 0 Å². The molecular weight excluding hydrogens is 434 g/mol. The van der Waals surface area contributed by atoms with E-state index in [4.69, 9.17) is 0 Å². The molecule has 0 aliphatic carbocycles. The molecule has 2 aromatic carbocycles. The molecule has 174 valence electrons. The molecule has 1 aliphatic heterocycles. The smallest absolute Gasteiger partial charge is 0.242 e. The average molecular weight is 466 g/mol. The summed E-state index contributed by atoms with van der Waals surface area (Å²) in [7, 11) is -1.85. The van der Waals surface area contributed by atoms with Crippen LogP contribution in [0.5, 0.6) is 0 Å². The van der Waals surface area contributed by atoms with Crippen LogP contribution in [0.3, 0.4) is 0 Å². The van der Waals surface area contributed by atoms with E-state index < -0.39 is 10.0 Å². The number of piperazine rings is 1. The summed E-state index contributed by atoms with van der Waals surface area (Å²) in [4.78, 5) is 13.7. The van der Waals surface area contributed by atoms with Crippen LogP contribution in [-0.4, -0.2) is 73.9 Å². The van der Waals surface area contributed by atoms with E-state index in [0.29, 0.717) is 11.4 Å². The Balaban J connectivity index is 1.39. The fraction of sp³-hybridized carbons (Fsp3) is 0.360. The number of hydrogen-bond acceptors (Lipinski definition) is 6. The fourth-order valence-corrected chi connectivity index (χ4v) is 5.47. The summed E-state index contributed by atoms with van der Waals surface area (Å²) in [5, 5.41) is 0. The minimum atomic E-state index is -3.52. The highest BCUT2D eigenvalue weighted by Gasteiger charge is 2.26. The van der Waals surface area contributed by atoms with Gasteiger partial charge >= 0.3 is 0 Å². The predicted molar refractivity (Wildman–Crippen MR) is 131 cm³/mol. The summed E-state index contributed by atoms with van der Waals surface area (Å²) >= 11 is 0. The second kappa shape index (κ2) is 10.9. The van der Waals surface area contributed by atoms with Gasteiger partial charge in [0, 0.05) is 52.2 Å². The van der Waals surface area contributed by atoms with Gasteiger partial charge in [0.1, 0.15) is 0 Å². The molecule has 33 heavy (non-hydrogen) atoms. The molecule has 4 rings (SSSR count). The Bertz CT molecular complexity index is 1090. The zero-order chi connectivity index (χ0) is 23.1. The molecule has 0 bridgehead atoms. The molecule has 1 aliphatic rings. The SMILES string of the molecule is CN(C[C@H](CCN1CCN(c2ncccn2)CC1)c1ccccc1)S(=O)(=O)c1ccccc1. The molecular formula is C25H31N5O2S. The number of likely N-dealkylation sites (N-methyl/N-ethyl adjacent to an activating group) is 1. The lowest BCUT2D eigenvalue weighted by atomic mass is 9.95. The summed E-state index contributed by atoms with van der Waals surface area (Å²) in [6, 6.07) is 20.7. The van der Waals surface area contributed by atoms with Crippen molar-refractivity contribution in [3.05, 3.63) is 84.7 Å². The van der Waals surface area contributed by atoms with Crippen LogP contribution in [0.4, 0.5) is 5.95 Å². The lowest BCUT2D eigenvalue weighted by Gasteiger charge is -2.35. The van der Waals surface area contributed by atoms with Crippen molar-refractivity contribution in [3.63, 3.8) is 0 Å². The van der Waals surface area contributed by atoms with E-state index in [1.165, 1.54) is 9.87 Å². The molecule has 1 atom stereocenters. The van der Waals surface area contributed by atoms with Gasteiger partial charge in [0.2, 0.25) is 16.0 Å². The Hall–Kier alpha value is -2.81. The number of rotatable bonds is 9. The first kappa shape index (κ1) is 23.4. The van der Waals surface area contributed by atoms with Crippen molar-refractivity contribution in [1.29, 1.82) is 0 Å². The molecule has 1 saturated heterocycles. The molecule has 7 nitrogen and oxygen atoms in total. The van der Waals surface area contributed by atoms with E-state index in [1.54, 1.807) is 43.7 Å². The highest BCUT2D eigenvalue weighted by Crippen LogP contribution is 2.24. The molecule has 0 spiro atoms. The van der Waals surface area contributed by atoms with Gasteiger partial charge in [0.25, 0.3) is 0 Å². The van der Waals surface area contributed by atoms with Crippen LogP contribution in [0.15, 0.2) is 84.0 Å². The predicted octanol–water partition coefficient (Wildman–Crippen LogP) is 3.09. The Morgan fingerprint density at radius 3 is 2.12 bits per heavy atom. The van der Waals surface area contributed by atoms with Gasteiger partial charge in [-0.2, -0.15) is 0 Å². The molecule has 2 heterocycles. The maximum Gasteiger partial charge on any atom is 0.242 e. The van der Waals surface area contributed by atoms with E-state index in [2.05, 4.69) is 31.9 Å². The molecule has 1 aromatic heterocycles. The Kier molecular flexibility index (Phi) is 7.69. The number of nitrogens with zero attached hydrogens (tertiary/aromatic N) is 5. The van der Waals surface area contributed by atoms with Crippen LogP contribution in [0, 0.1) is 0 Å². The highest BCUT2D eigenvalue weighted by molar-refractivity contribution is 7.89. The Morgan fingerprint density at radius 2 is 1.48 bits per heavy atom. The molecule has 0 unspecified atom stereocenters. The molecule has 0 amide bonds. The first-order valence-corrected chi connectivity index (χ1v) is 12.8. The summed E-state index contributed by atoms with van der Waals surface area (Å²) in [5.41, 5.74) is 1.17. The lowest BCUT2D eigenvalue weighted by Crippen LogP contribution is -2.47. The second-order valence-electron chi connectivity index (χ2n) is 8.37. The maximum atomic E-state index is 13.1. The zero-order valence-electron chi connectivity index (χ0n) is 19.0. The van der Waals surface area contributed by atoms with E-state index in [-0.39, 0.29) is 5.92 Å². The van der Waals surface area contributed by atoms with E-state index in [0.717, 1.165) is 45.1 Å². The van der Waals surface area contributed by atoms with Crippen molar-refractivity contribution in [3.8, 4) is 0 Å². The monoisotopic (exact) mass is 465 g/mol. The number of aromatic nitrogens is 2. The van der Waals surface area contributed by atoms with Crippen LogP contribution in [0.1, 0.15) is 17.9 Å². The molecule has 1 fully saturated rings. The molecule has 0 N–H and O–H groups in total. The fourth-order valence-electron chi connectivity index (χ4n) is 4.23. The van der Waals surface area contributed by atoms with Gasteiger partial charge in [0.05, 0.1) is 4.90 Å². The van der Waals surface area contributed by atoms with Crippen molar-refractivity contribution in [2.75, 3.05) is 51.2 Å². The number of anilines is 1. The number of sulfonamides is 1. The summed E-state index contributed by atoms with van der Waals surface area (Å²) in [6.07, 6.45) is 4.44. The number of hydrogen-bond donors (Lipinski definition) is 0. The van der Waals surface area contributed by atoms with Crippen molar-refractivity contribution in [2.45, 2.75) is 17.2 Å². The van der Waals surface area contributed by atoms with E-state index >= 15 is 0 Å². The Labute approximate surface area is 196 Å². The van der Waals surface area contributed by atoms with Gasteiger partial charge in [-0.3, -0.25) is 4.90 Å². The molecule has 8 heteroatoms. The third-order valence-corrected chi connectivity index (χ3v) is 8.04. The third kappa shape index (κ3) is 5.96. The maximum absolute atomic E-state index is 13.1. The van der Waals surface area contributed by atoms with Crippen molar-refractivity contribution in [1.82, 2.24) is 19.2 Å². The van der Waals surface area contributed by atoms with E-state index in [1.807, 2.05) is 30.3 Å².